The molecule has 0 spiro atoms. The molecule has 0 radical (unpaired) electrons. The van der Waals surface area contributed by atoms with Gasteiger partial charge in [-0.3, -0.25) is 0 Å². The number of hydrogen-bond acceptors (Lipinski definition) is 0. The van der Waals surface area contributed by atoms with Crippen LogP contribution in [0.25, 0.3) is 0 Å². The Kier molecular flexibility index (Phi) is 3.81. The molecule has 0 aromatic heterocycles. The Morgan fingerprint density at radius 1 is 0.933 bits per heavy atom. The van der Waals surface area contributed by atoms with Crippen LogP contribution in [0, 0.1) is 6.07 Å². The van der Waals surface area contributed by atoms with Crippen LogP contribution in [-0.4, -0.2) is 0.749 Å². The molecule has 0 aliphatic rings. The summed E-state index contributed by atoms with van der Waals surface area (Å²) < 4.78 is 77.5. The second kappa shape index (κ2) is 4.56. The van der Waals surface area contributed by atoms with Gasteiger partial charge in [0.05, 0.1) is 0 Å². The van der Waals surface area contributed by atoms with E-state index in [-0.39, 0.29) is 6.07 Å². The fourth-order valence-electron chi connectivity index (χ4n) is 0.799. The molecule has 0 aliphatic heterocycles. The van der Waals surface area contributed by atoms with E-state index in [1.54, 1.807) is 6.07 Å². The van der Waals surface area contributed by atoms with E-state index in [0.717, 1.165) is 0 Å². The standard InChI is InChI=1S/C8H3F6.Pt.H/c9-7(10,11)5-2-1-3-6(4-5)8(12,13)14;;/h2-4H;;/q-1;+1;/i;;1+1. The van der Waals surface area contributed by atoms with E-state index in [2.05, 4.69) is 0 Å². The molecule has 0 amide bonds. The van der Waals surface area contributed by atoms with Crippen molar-refractivity contribution >= 4 is 0 Å². The Morgan fingerprint density at radius 2 is 1.27 bits per heavy atom. The monoisotopic (exact) mass is 410 g/mol. The van der Waals surface area contributed by atoms with Crippen molar-refractivity contribution in [3.05, 3.63) is 35.4 Å². The number of hydrogen-bond donors (Lipinski definition) is 0. The number of rotatable bonds is 0. The van der Waals surface area contributed by atoms with Crippen LogP contribution in [0.3, 0.4) is 0 Å². The molecule has 0 unspecified atom stereocenters. The summed E-state index contributed by atoms with van der Waals surface area (Å²) in [4.78, 5) is 0. The summed E-state index contributed by atoms with van der Waals surface area (Å²) in [5.41, 5.74) is -2.71. The third kappa shape index (κ3) is 3.86. The predicted molar refractivity (Wildman–Crippen MR) is 36.7 cm³/mol. The Hall–Kier alpha value is -0.512. The summed E-state index contributed by atoms with van der Waals surface area (Å²) in [5, 5.41) is 0. The van der Waals surface area contributed by atoms with Crippen LogP contribution >= 0.6 is 0 Å². The average molecular weight is 410 g/mol. The van der Waals surface area contributed by atoms with Gasteiger partial charge in [0.25, 0.3) is 0 Å². The Labute approximate surface area is 96.2 Å². The van der Waals surface area contributed by atoms with Crippen LogP contribution in [-0.2, 0) is 33.2 Å². The van der Waals surface area contributed by atoms with E-state index >= 15 is 0 Å². The molecule has 15 heavy (non-hydrogen) atoms. The molecule has 0 saturated carbocycles. The summed E-state index contributed by atoms with van der Waals surface area (Å²) in [6, 6.07) is 2.79. The normalized spacial score (nSPS) is 12.7. The first kappa shape index (κ1) is 12.6. The van der Waals surface area contributed by atoms with Gasteiger partial charge in [-0.2, -0.15) is 44.5 Å². The van der Waals surface area contributed by atoms with Gasteiger partial charge in [0, 0.05) is 0 Å². The minimum absolute atomic E-state index is 0.0521. The third-order valence-corrected chi connectivity index (χ3v) is 1.44. The van der Waals surface area contributed by atoms with Gasteiger partial charge in [0.1, 0.15) is 0 Å². The summed E-state index contributed by atoms with van der Waals surface area (Å²) in [5.74, 6) is 0. The maximum absolute atomic E-state index is 12.0. The van der Waals surface area contributed by atoms with Gasteiger partial charge in [0.15, 0.2) is 0 Å². The average Bonchev–Trinajstić information content (AvgIpc) is 2.18. The predicted octanol–water partition coefficient (Wildman–Crippen LogP) is 3.25. The molecule has 1 rings (SSSR count). The number of halogens is 6. The van der Waals surface area contributed by atoms with Crippen molar-refractivity contribution in [2.24, 2.45) is 0 Å². The van der Waals surface area contributed by atoms with Crippen LogP contribution in [0.5, 0.6) is 0 Å². The van der Waals surface area contributed by atoms with Crippen molar-refractivity contribution in [1.29, 1.82) is 0.749 Å². The zero-order chi connectivity index (χ0) is 13.0. The quantitative estimate of drug-likeness (QED) is 0.455. The fraction of sp³-hybridized carbons (Fsp3) is 0.250. The van der Waals surface area contributed by atoms with E-state index in [0.29, 0.717) is 12.1 Å². The van der Waals surface area contributed by atoms with Crippen molar-refractivity contribution in [3.63, 3.8) is 0 Å². The van der Waals surface area contributed by atoms with Gasteiger partial charge in [-0.05, 0) is 0 Å². The minimum atomic E-state index is -4.78. The van der Waals surface area contributed by atoms with Crippen molar-refractivity contribution < 1.29 is 47.2 Å². The van der Waals surface area contributed by atoms with E-state index in [9.17, 15) is 26.3 Å². The Bertz CT molecular complexity index is 303. The van der Waals surface area contributed by atoms with Crippen molar-refractivity contribution in [2.45, 2.75) is 12.4 Å². The molecule has 1 aromatic carbocycles. The van der Waals surface area contributed by atoms with Crippen molar-refractivity contribution in [1.82, 2.24) is 0 Å². The van der Waals surface area contributed by atoms with Gasteiger partial charge < -0.3 is 0 Å². The van der Waals surface area contributed by atoms with Crippen LogP contribution in [0.4, 0.5) is 26.3 Å². The van der Waals surface area contributed by atoms with Crippen molar-refractivity contribution in [3.8, 4) is 0 Å². The second-order valence-corrected chi connectivity index (χ2v) is 2.51. The summed E-state index contributed by atoms with van der Waals surface area (Å²) in [7, 11) is 0. The van der Waals surface area contributed by atoms with Gasteiger partial charge in [0.2, 0.25) is 0 Å². The van der Waals surface area contributed by atoms with Gasteiger partial charge in [-0.1, -0.05) is 11.1 Å². The van der Waals surface area contributed by atoms with E-state index in [1.165, 1.54) is 20.9 Å². The first-order valence-corrected chi connectivity index (χ1v) is 3.37. The summed E-state index contributed by atoms with van der Waals surface area (Å²) in [6.45, 7) is 0. The molecule has 0 N–H and O–H groups in total. The second-order valence-electron chi connectivity index (χ2n) is 2.51. The van der Waals surface area contributed by atoms with Crippen molar-refractivity contribution in [2.75, 3.05) is 0 Å². The Balaban J connectivity index is 0.00000106. The first-order valence-electron chi connectivity index (χ1n) is 3.68. The fourth-order valence-corrected chi connectivity index (χ4v) is 0.799. The SMILES string of the molecule is FC(F)(F)c1c[c-]cc(C(F)(F)F)c1.[2H][Pt+]. The van der Waals surface area contributed by atoms with Gasteiger partial charge in [-0.15, -0.1) is 6.07 Å². The number of benzene rings is 1. The van der Waals surface area contributed by atoms with Crippen LogP contribution in [0.1, 0.15) is 11.1 Å². The molecule has 88 valence electrons. The first-order chi connectivity index (χ1) is 7.21. The van der Waals surface area contributed by atoms with E-state index < -0.39 is 23.5 Å². The van der Waals surface area contributed by atoms with Gasteiger partial charge >= 0.3 is 34.0 Å². The summed E-state index contributed by atoms with van der Waals surface area (Å²) in [6.07, 6.45) is -9.56. The Morgan fingerprint density at radius 3 is 1.53 bits per heavy atom. The zero-order valence-electron chi connectivity index (χ0n) is 7.82. The molecule has 0 atom stereocenters. The molecule has 0 saturated heterocycles. The van der Waals surface area contributed by atoms with Crippen LogP contribution in [0.2, 0.25) is 0 Å². The molecule has 0 heterocycles. The zero-order valence-corrected chi connectivity index (χ0v) is 9.09. The van der Waals surface area contributed by atoms with Crippen LogP contribution < -0.4 is 0 Å². The molecule has 0 bridgehead atoms. The molecule has 0 nitrogen and oxygen atoms in total. The molecule has 7 heteroatoms. The van der Waals surface area contributed by atoms with Crippen LogP contribution in [0.15, 0.2) is 18.2 Å². The molecular weight excluding hydrogens is 405 g/mol. The summed E-state index contributed by atoms with van der Waals surface area (Å²) >= 11 is 1.39. The molecular formula is C8H4F6Pt. The van der Waals surface area contributed by atoms with E-state index in [1.807, 2.05) is 0 Å². The van der Waals surface area contributed by atoms with Gasteiger partial charge in [-0.25, -0.2) is 0 Å². The molecule has 1 aromatic rings. The topological polar surface area (TPSA) is 0 Å². The maximum atomic E-state index is 12.0. The molecule has 0 aliphatic carbocycles. The number of alkyl halides is 6. The molecule has 0 fully saturated rings. The van der Waals surface area contributed by atoms with E-state index in [4.69, 9.17) is 0.749 Å². The third-order valence-electron chi connectivity index (χ3n) is 1.44.